The molecule has 2 atom stereocenters. The van der Waals surface area contributed by atoms with E-state index in [1.165, 1.54) is 5.57 Å². The maximum Gasteiger partial charge on any atom is 0.0770 e. The minimum absolute atomic E-state index is 0.432. The van der Waals surface area contributed by atoms with Crippen LogP contribution in [0.3, 0.4) is 0 Å². The Bertz CT molecular complexity index is 155. The molecule has 1 aliphatic heterocycles. The zero-order valence-corrected chi connectivity index (χ0v) is 6.10. The van der Waals surface area contributed by atoms with Gasteiger partial charge in [-0.2, -0.15) is 0 Å². The lowest BCUT2D eigenvalue weighted by Crippen LogP contribution is -2.45. The first-order valence-electron chi connectivity index (χ1n) is 3.90. The third-order valence-electron chi connectivity index (χ3n) is 2.36. The fraction of sp³-hybridized carbons (Fsp3) is 0.750. The van der Waals surface area contributed by atoms with E-state index < -0.39 is 0 Å². The van der Waals surface area contributed by atoms with Crippen LogP contribution in [0.25, 0.3) is 0 Å². The molecule has 0 aromatic rings. The third-order valence-corrected chi connectivity index (χ3v) is 2.36. The second-order valence-corrected chi connectivity index (χ2v) is 3.04. The van der Waals surface area contributed by atoms with Gasteiger partial charge in [0.1, 0.15) is 0 Å². The molecule has 1 N–H and O–H groups in total. The fourth-order valence-electron chi connectivity index (χ4n) is 1.79. The van der Waals surface area contributed by atoms with Gasteiger partial charge >= 0.3 is 0 Å². The lowest BCUT2D eigenvalue weighted by Gasteiger charge is -2.27. The average molecular weight is 139 g/mol. The van der Waals surface area contributed by atoms with E-state index >= 15 is 0 Å². The number of hydrogen-bond donors (Lipinski definition) is 1. The zero-order chi connectivity index (χ0) is 6.97. The van der Waals surface area contributed by atoms with Crippen LogP contribution in [0.5, 0.6) is 0 Å². The summed E-state index contributed by atoms with van der Waals surface area (Å²) in [5.41, 5.74) is 1.32. The van der Waals surface area contributed by atoms with Gasteiger partial charge in [-0.1, -0.05) is 12.2 Å². The van der Waals surface area contributed by atoms with Crippen molar-refractivity contribution in [3.63, 3.8) is 0 Å². The van der Waals surface area contributed by atoms with Crippen molar-refractivity contribution < 1.29 is 4.74 Å². The van der Waals surface area contributed by atoms with E-state index in [4.69, 9.17) is 4.74 Å². The highest BCUT2D eigenvalue weighted by Gasteiger charge is 2.32. The van der Waals surface area contributed by atoms with Crippen LogP contribution >= 0.6 is 0 Å². The summed E-state index contributed by atoms with van der Waals surface area (Å²) in [5, 5.41) is 3.41. The molecule has 0 spiro atoms. The van der Waals surface area contributed by atoms with E-state index in [-0.39, 0.29) is 0 Å². The topological polar surface area (TPSA) is 21.3 Å². The molecule has 2 rings (SSSR count). The smallest absolute Gasteiger partial charge is 0.0770 e. The van der Waals surface area contributed by atoms with E-state index in [0.717, 1.165) is 26.0 Å². The maximum atomic E-state index is 5.55. The van der Waals surface area contributed by atoms with Crippen LogP contribution in [0.15, 0.2) is 12.2 Å². The summed E-state index contributed by atoms with van der Waals surface area (Å²) in [6, 6.07) is 0.466. The molecular weight excluding hydrogens is 126 g/mol. The van der Waals surface area contributed by atoms with Crippen molar-refractivity contribution in [1.29, 1.82) is 0 Å². The molecule has 0 radical (unpaired) electrons. The second kappa shape index (κ2) is 2.36. The summed E-state index contributed by atoms with van der Waals surface area (Å²) >= 11 is 0. The number of fused-ring (bicyclic) bond motifs is 1. The van der Waals surface area contributed by atoms with Crippen molar-refractivity contribution in [1.82, 2.24) is 5.32 Å². The number of hydrogen-bond acceptors (Lipinski definition) is 2. The van der Waals surface area contributed by atoms with Crippen LogP contribution in [-0.4, -0.2) is 25.3 Å². The van der Waals surface area contributed by atoms with E-state index in [9.17, 15) is 0 Å². The highest BCUT2D eigenvalue weighted by molar-refractivity contribution is 5.15. The van der Waals surface area contributed by atoms with Crippen LogP contribution in [0, 0.1) is 0 Å². The summed E-state index contributed by atoms with van der Waals surface area (Å²) in [5.74, 6) is 0. The lowest BCUT2D eigenvalue weighted by atomic mass is 10.1. The minimum Gasteiger partial charge on any atom is -0.375 e. The quantitative estimate of drug-likeness (QED) is 0.499. The number of rotatable bonds is 0. The normalized spacial score (nSPS) is 39.8. The van der Waals surface area contributed by atoms with Crippen LogP contribution in [0.4, 0.5) is 0 Å². The predicted octanol–water partition coefficient (Wildman–Crippen LogP) is 0.693. The van der Waals surface area contributed by atoms with E-state index in [1.807, 2.05) is 0 Å². The summed E-state index contributed by atoms with van der Waals surface area (Å²) in [7, 11) is 0. The van der Waals surface area contributed by atoms with Gasteiger partial charge in [-0.15, -0.1) is 0 Å². The Morgan fingerprint density at radius 2 is 2.50 bits per heavy atom. The molecule has 1 saturated carbocycles. The molecule has 0 aromatic heterocycles. The first-order valence-corrected chi connectivity index (χ1v) is 3.90. The van der Waals surface area contributed by atoms with Gasteiger partial charge in [0.15, 0.2) is 0 Å². The summed E-state index contributed by atoms with van der Waals surface area (Å²) < 4.78 is 5.55. The third kappa shape index (κ3) is 0.879. The molecule has 2 unspecified atom stereocenters. The Labute approximate surface area is 61.3 Å². The Hall–Kier alpha value is -0.340. The molecule has 0 aromatic carbocycles. The van der Waals surface area contributed by atoms with Gasteiger partial charge in [-0.05, 0) is 12.8 Å². The molecule has 1 saturated heterocycles. The number of ether oxygens (including phenoxy) is 1. The fourth-order valence-corrected chi connectivity index (χ4v) is 1.79. The van der Waals surface area contributed by atoms with E-state index in [2.05, 4.69) is 11.9 Å². The first kappa shape index (κ1) is 6.38. The van der Waals surface area contributed by atoms with Crippen molar-refractivity contribution >= 4 is 0 Å². The Morgan fingerprint density at radius 1 is 1.60 bits per heavy atom. The highest BCUT2D eigenvalue weighted by atomic mass is 16.5. The first-order chi connectivity index (χ1) is 4.88. The summed E-state index contributed by atoms with van der Waals surface area (Å²) in [6.07, 6.45) is 2.74. The predicted molar refractivity (Wildman–Crippen MR) is 39.9 cm³/mol. The van der Waals surface area contributed by atoms with Crippen molar-refractivity contribution in [2.75, 3.05) is 13.2 Å². The van der Waals surface area contributed by atoms with Crippen LogP contribution < -0.4 is 5.32 Å². The Morgan fingerprint density at radius 3 is 3.30 bits per heavy atom. The summed E-state index contributed by atoms with van der Waals surface area (Å²) in [4.78, 5) is 0. The molecule has 0 amide bonds. The van der Waals surface area contributed by atoms with E-state index in [1.54, 1.807) is 0 Å². The van der Waals surface area contributed by atoms with Crippen molar-refractivity contribution in [2.24, 2.45) is 0 Å². The van der Waals surface area contributed by atoms with Gasteiger partial charge in [0.2, 0.25) is 0 Å². The average Bonchev–Trinajstić information content (AvgIpc) is 2.34. The molecule has 2 fully saturated rings. The number of nitrogens with one attached hydrogen (secondary N) is 1. The van der Waals surface area contributed by atoms with Gasteiger partial charge in [-0.3, -0.25) is 0 Å². The molecule has 1 aliphatic carbocycles. The van der Waals surface area contributed by atoms with Crippen molar-refractivity contribution in [2.45, 2.75) is 25.0 Å². The largest absolute Gasteiger partial charge is 0.375 e. The van der Waals surface area contributed by atoms with Crippen LogP contribution in [-0.2, 0) is 4.74 Å². The van der Waals surface area contributed by atoms with E-state index in [0.29, 0.717) is 12.1 Å². The Kier molecular flexibility index (Phi) is 1.51. The van der Waals surface area contributed by atoms with Crippen LogP contribution in [0.1, 0.15) is 12.8 Å². The van der Waals surface area contributed by atoms with Gasteiger partial charge in [0.25, 0.3) is 0 Å². The van der Waals surface area contributed by atoms with Crippen molar-refractivity contribution in [3.05, 3.63) is 12.2 Å². The van der Waals surface area contributed by atoms with Gasteiger partial charge in [-0.25, -0.2) is 0 Å². The minimum atomic E-state index is 0.432. The summed E-state index contributed by atoms with van der Waals surface area (Å²) in [6.45, 7) is 5.85. The zero-order valence-electron chi connectivity index (χ0n) is 6.10. The highest BCUT2D eigenvalue weighted by Crippen LogP contribution is 2.27. The monoisotopic (exact) mass is 139 g/mol. The molecular formula is C8H13NO. The molecule has 2 nitrogen and oxygen atoms in total. The standard InChI is InChI=1S/C8H13NO/c1-6-2-3-7-8(6)9-4-5-10-7/h7-9H,1-5H2. The molecule has 1 heterocycles. The lowest BCUT2D eigenvalue weighted by molar-refractivity contribution is 0.0164. The van der Waals surface area contributed by atoms with Crippen LogP contribution in [0.2, 0.25) is 0 Å². The van der Waals surface area contributed by atoms with Gasteiger partial charge < -0.3 is 10.1 Å². The number of morpholine rings is 1. The molecule has 10 heavy (non-hydrogen) atoms. The maximum absolute atomic E-state index is 5.55. The SMILES string of the molecule is C=C1CCC2OCCNC12. The van der Waals surface area contributed by atoms with Gasteiger partial charge in [0, 0.05) is 6.54 Å². The molecule has 2 heteroatoms. The molecule has 2 aliphatic rings. The Balaban J connectivity index is 2.08. The molecule has 0 bridgehead atoms. The van der Waals surface area contributed by atoms with Gasteiger partial charge in [0.05, 0.1) is 18.8 Å². The molecule has 56 valence electrons. The van der Waals surface area contributed by atoms with Crippen molar-refractivity contribution in [3.8, 4) is 0 Å². The second-order valence-electron chi connectivity index (χ2n) is 3.04.